The summed E-state index contributed by atoms with van der Waals surface area (Å²) in [6.07, 6.45) is 3.32. The van der Waals surface area contributed by atoms with Gasteiger partial charge in [-0.05, 0) is 32.4 Å². The van der Waals surface area contributed by atoms with Gasteiger partial charge in [0.15, 0.2) is 0 Å². The Hall–Kier alpha value is -2.99. The van der Waals surface area contributed by atoms with Gasteiger partial charge in [0.25, 0.3) is 0 Å². The fraction of sp³-hybridized carbons (Fsp3) is 0.375. The SMILES string of the molecule is CCOc1cc(N2CCOCC2)c(OCC)cc1NC(=O)/C=C/c1ccc(C)cc1. The minimum atomic E-state index is -0.224. The van der Waals surface area contributed by atoms with Crippen molar-refractivity contribution in [3.8, 4) is 11.5 Å². The van der Waals surface area contributed by atoms with Crippen molar-refractivity contribution in [2.75, 3.05) is 49.7 Å². The van der Waals surface area contributed by atoms with E-state index in [0.717, 1.165) is 30.1 Å². The summed E-state index contributed by atoms with van der Waals surface area (Å²) < 4.78 is 17.2. The monoisotopic (exact) mass is 410 g/mol. The molecule has 0 spiro atoms. The first-order chi connectivity index (χ1) is 14.6. The zero-order valence-corrected chi connectivity index (χ0v) is 17.9. The van der Waals surface area contributed by atoms with Crippen LogP contribution in [0.25, 0.3) is 6.08 Å². The number of hydrogen-bond acceptors (Lipinski definition) is 5. The van der Waals surface area contributed by atoms with Gasteiger partial charge in [-0.2, -0.15) is 0 Å². The van der Waals surface area contributed by atoms with Crippen molar-refractivity contribution >= 4 is 23.4 Å². The van der Waals surface area contributed by atoms with Crippen molar-refractivity contribution in [1.82, 2.24) is 0 Å². The van der Waals surface area contributed by atoms with Crippen molar-refractivity contribution in [3.05, 3.63) is 53.6 Å². The van der Waals surface area contributed by atoms with E-state index in [1.165, 1.54) is 11.6 Å². The molecule has 3 rings (SSSR count). The molecular formula is C24H30N2O4. The van der Waals surface area contributed by atoms with E-state index in [9.17, 15) is 4.79 Å². The first kappa shape index (κ1) is 21.7. The van der Waals surface area contributed by atoms with Crippen molar-refractivity contribution in [1.29, 1.82) is 0 Å². The molecule has 1 heterocycles. The second-order valence-corrected chi connectivity index (χ2v) is 7.01. The Bertz CT molecular complexity index is 872. The molecule has 0 aliphatic carbocycles. The third kappa shape index (κ3) is 5.76. The Morgan fingerprint density at radius 3 is 2.40 bits per heavy atom. The molecule has 0 saturated carbocycles. The Morgan fingerprint density at radius 1 is 1.07 bits per heavy atom. The number of anilines is 2. The van der Waals surface area contributed by atoms with Gasteiger partial charge in [0.2, 0.25) is 5.91 Å². The van der Waals surface area contributed by atoms with Crippen LogP contribution in [0.3, 0.4) is 0 Å². The van der Waals surface area contributed by atoms with E-state index in [1.807, 2.05) is 57.2 Å². The van der Waals surface area contributed by atoms with Crippen molar-refractivity contribution in [2.24, 2.45) is 0 Å². The molecular weight excluding hydrogens is 380 g/mol. The number of amides is 1. The number of carbonyl (C=O) groups excluding carboxylic acids is 1. The second kappa shape index (κ2) is 10.7. The van der Waals surface area contributed by atoms with E-state index >= 15 is 0 Å². The summed E-state index contributed by atoms with van der Waals surface area (Å²) in [6, 6.07) is 11.8. The van der Waals surface area contributed by atoms with Crippen LogP contribution in [0.5, 0.6) is 11.5 Å². The van der Waals surface area contributed by atoms with Gasteiger partial charge in [0, 0.05) is 31.3 Å². The van der Waals surface area contributed by atoms with Crippen LogP contribution < -0.4 is 19.7 Å². The lowest BCUT2D eigenvalue weighted by molar-refractivity contribution is -0.111. The largest absolute Gasteiger partial charge is 0.492 e. The maximum atomic E-state index is 12.5. The Kier molecular flexibility index (Phi) is 7.74. The summed E-state index contributed by atoms with van der Waals surface area (Å²) in [5, 5.41) is 2.93. The fourth-order valence-corrected chi connectivity index (χ4v) is 3.27. The highest BCUT2D eigenvalue weighted by Crippen LogP contribution is 2.39. The number of carbonyl (C=O) groups is 1. The molecule has 0 unspecified atom stereocenters. The van der Waals surface area contributed by atoms with Crippen LogP contribution in [-0.2, 0) is 9.53 Å². The average Bonchev–Trinajstić information content (AvgIpc) is 2.76. The van der Waals surface area contributed by atoms with Gasteiger partial charge in [-0.15, -0.1) is 0 Å². The third-order valence-electron chi connectivity index (χ3n) is 4.77. The standard InChI is InChI=1S/C24H30N2O4/c1-4-29-22-17-21(26-12-14-28-15-13-26)23(30-5-2)16-20(22)25-24(27)11-10-19-8-6-18(3)7-9-19/h6-11,16-17H,4-5,12-15H2,1-3H3,(H,25,27)/b11-10+. The van der Waals surface area contributed by atoms with Crippen LogP contribution in [0.1, 0.15) is 25.0 Å². The van der Waals surface area contributed by atoms with Gasteiger partial charge in [-0.1, -0.05) is 29.8 Å². The highest BCUT2D eigenvalue weighted by Gasteiger charge is 2.20. The van der Waals surface area contributed by atoms with Crippen LogP contribution in [0.2, 0.25) is 0 Å². The van der Waals surface area contributed by atoms with Gasteiger partial charge in [0.1, 0.15) is 11.5 Å². The highest BCUT2D eigenvalue weighted by molar-refractivity contribution is 6.03. The number of hydrogen-bond donors (Lipinski definition) is 1. The summed E-state index contributed by atoms with van der Waals surface area (Å²) in [5.74, 6) is 1.12. The number of ether oxygens (including phenoxy) is 3. The lowest BCUT2D eigenvalue weighted by Gasteiger charge is -2.31. The van der Waals surface area contributed by atoms with Gasteiger partial charge >= 0.3 is 0 Å². The molecule has 0 atom stereocenters. The van der Waals surface area contributed by atoms with E-state index < -0.39 is 0 Å². The van der Waals surface area contributed by atoms with Crippen LogP contribution in [-0.4, -0.2) is 45.4 Å². The summed E-state index contributed by atoms with van der Waals surface area (Å²) in [6.45, 7) is 9.87. The van der Waals surface area contributed by atoms with E-state index in [2.05, 4.69) is 10.2 Å². The molecule has 1 aliphatic rings. The second-order valence-electron chi connectivity index (χ2n) is 7.01. The maximum Gasteiger partial charge on any atom is 0.248 e. The molecule has 6 heteroatoms. The topological polar surface area (TPSA) is 60.0 Å². The van der Waals surface area contributed by atoms with Crippen LogP contribution in [0.4, 0.5) is 11.4 Å². The normalized spacial score (nSPS) is 14.0. The third-order valence-corrected chi connectivity index (χ3v) is 4.77. The quantitative estimate of drug-likeness (QED) is 0.658. The number of rotatable bonds is 8. The molecule has 2 aromatic rings. The Balaban J connectivity index is 1.83. The molecule has 0 radical (unpaired) electrons. The molecule has 1 N–H and O–H groups in total. The number of nitrogens with zero attached hydrogens (tertiary/aromatic N) is 1. The highest BCUT2D eigenvalue weighted by atomic mass is 16.5. The number of benzene rings is 2. The van der Waals surface area contributed by atoms with Crippen molar-refractivity contribution in [2.45, 2.75) is 20.8 Å². The van der Waals surface area contributed by atoms with Gasteiger partial charge in [0.05, 0.1) is 37.8 Å². The molecule has 1 amide bonds. The molecule has 1 aliphatic heterocycles. The molecule has 1 fully saturated rings. The predicted octanol–water partition coefficient (Wildman–Crippen LogP) is 4.28. The summed E-state index contributed by atoms with van der Waals surface area (Å²) in [7, 11) is 0. The maximum absolute atomic E-state index is 12.5. The zero-order chi connectivity index (χ0) is 21.3. The average molecular weight is 411 g/mol. The minimum Gasteiger partial charge on any atom is -0.492 e. The van der Waals surface area contributed by atoms with E-state index in [-0.39, 0.29) is 5.91 Å². The Morgan fingerprint density at radius 2 is 1.73 bits per heavy atom. The zero-order valence-electron chi connectivity index (χ0n) is 17.9. The molecule has 1 saturated heterocycles. The minimum absolute atomic E-state index is 0.224. The lowest BCUT2D eigenvalue weighted by atomic mass is 10.1. The first-order valence-electron chi connectivity index (χ1n) is 10.4. The van der Waals surface area contributed by atoms with Crippen molar-refractivity contribution < 1.29 is 19.0 Å². The van der Waals surface area contributed by atoms with Crippen molar-refractivity contribution in [3.63, 3.8) is 0 Å². The number of aryl methyl sites for hydroxylation is 1. The fourth-order valence-electron chi connectivity index (χ4n) is 3.27. The van der Waals surface area contributed by atoms with Gasteiger partial charge < -0.3 is 24.4 Å². The number of morpholine rings is 1. The van der Waals surface area contributed by atoms with E-state index in [4.69, 9.17) is 14.2 Å². The van der Waals surface area contributed by atoms with E-state index in [0.29, 0.717) is 37.9 Å². The predicted molar refractivity (Wildman–Crippen MR) is 121 cm³/mol. The van der Waals surface area contributed by atoms with Crippen LogP contribution >= 0.6 is 0 Å². The van der Waals surface area contributed by atoms with Crippen LogP contribution in [0.15, 0.2) is 42.5 Å². The summed E-state index contributed by atoms with van der Waals surface area (Å²) in [4.78, 5) is 14.8. The smallest absolute Gasteiger partial charge is 0.248 e. The number of nitrogens with one attached hydrogen (secondary N) is 1. The molecule has 2 aromatic carbocycles. The Labute approximate surface area is 178 Å². The molecule has 0 bridgehead atoms. The summed E-state index contributed by atoms with van der Waals surface area (Å²) in [5.41, 5.74) is 3.70. The van der Waals surface area contributed by atoms with Gasteiger partial charge in [-0.3, -0.25) is 4.79 Å². The molecule has 30 heavy (non-hydrogen) atoms. The van der Waals surface area contributed by atoms with Crippen LogP contribution in [0, 0.1) is 6.92 Å². The lowest BCUT2D eigenvalue weighted by Crippen LogP contribution is -2.36. The van der Waals surface area contributed by atoms with Gasteiger partial charge in [-0.25, -0.2) is 0 Å². The molecule has 0 aromatic heterocycles. The first-order valence-corrected chi connectivity index (χ1v) is 10.4. The molecule has 6 nitrogen and oxygen atoms in total. The summed E-state index contributed by atoms with van der Waals surface area (Å²) >= 11 is 0. The van der Waals surface area contributed by atoms with E-state index in [1.54, 1.807) is 6.08 Å². The molecule has 160 valence electrons.